The van der Waals surface area contributed by atoms with Crippen LogP contribution in [0.1, 0.15) is 21.7 Å². The smallest absolute Gasteiger partial charge is 0.212 e. The third kappa shape index (κ3) is 1.87. The van der Waals surface area contributed by atoms with Crippen LogP contribution in [0.2, 0.25) is 0 Å². The number of fused-ring (bicyclic) bond motifs is 2. The van der Waals surface area contributed by atoms with Crippen molar-refractivity contribution < 1.29 is 9.53 Å². The first-order chi connectivity index (χ1) is 10.7. The number of amidine groups is 1. The van der Waals surface area contributed by atoms with Crippen LogP contribution in [0.25, 0.3) is 11.1 Å². The van der Waals surface area contributed by atoms with Crippen molar-refractivity contribution in [2.24, 2.45) is 10.9 Å². The summed E-state index contributed by atoms with van der Waals surface area (Å²) in [5.74, 6) is 1.47. The van der Waals surface area contributed by atoms with Gasteiger partial charge < -0.3 is 10.1 Å². The van der Waals surface area contributed by atoms with Crippen LogP contribution in [0, 0.1) is 12.8 Å². The van der Waals surface area contributed by atoms with Crippen LogP contribution in [-0.2, 0) is 0 Å². The van der Waals surface area contributed by atoms with E-state index in [1.165, 1.54) is 0 Å². The van der Waals surface area contributed by atoms with Gasteiger partial charge in [-0.1, -0.05) is 0 Å². The second-order valence-corrected chi connectivity index (χ2v) is 6.64. The fourth-order valence-corrected chi connectivity index (χ4v) is 4.16. The standard InChI is InChI=1S/C16H15N3O2S/c1-8-12(9-3-4-11(21-2)18-7-9)13-14(20)10-5-6-17-15(10)19-16(13)22-8/h3-4,7,10H,5-6H2,1-2H3,(H,17,19). The second kappa shape index (κ2) is 4.91. The molecule has 0 amide bonds. The van der Waals surface area contributed by atoms with Gasteiger partial charge in [0, 0.05) is 34.8 Å². The number of ether oxygens (including phenoxy) is 1. The maximum atomic E-state index is 12.9. The molecule has 5 nitrogen and oxygen atoms in total. The number of aliphatic imine (C=N–C) groups is 1. The molecule has 0 spiro atoms. The molecule has 1 unspecified atom stereocenters. The summed E-state index contributed by atoms with van der Waals surface area (Å²) in [5.41, 5.74) is 2.66. The number of aryl methyl sites for hydroxylation is 1. The zero-order valence-corrected chi connectivity index (χ0v) is 13.2. The average Bonchev–Trinajstić information content (AvgIpc) is 3.12. The largest absolute Gasteiger partial charge is 0.481 e. The van der Waals surface area contributed by atoms with Gasteiger partial charge in [0.05, 0.1) is 18.6 Å². The number of thiophene rings is 1. The summed E-state index contributed by atoms with van der Waals surface area (Å²) < 4.78 is 5.10. The number of Topliss-reactive ketones (excluding diaryl/α,β-unsaturated/α-hetero) is 1. The summed E-state index contributed by atoms with van der Waals surface area (Å²) in [5, 5.41) is 4.03. The fourth-order valence-electron chi connectivity index (χ4n) is 3.09. The first-order valence-electron chi connectivity index (χ1n) is 7.19. The SMILES string of the molecule is COc1ccc(-c2c(C)sc3c2C(=O)C2CCNC2=N3)cn1. The molecule has 0 aromatic carbocycles. The predicted molar refractivity (Wildman–Crippen MR) is 86.4 cm³/mol. The molecule has 4 rings (SSSR count). The molecule has 1 atom stereocenters. The van der Waals surface area contributed by atoms with Crippen molar-refractivity contribution in [2.45, 2.75) is 13.3 Å². The van der Waals surface area contributed by atoms with Gasteiger partial charge in [-0.3, -0.25) is 4.79 Å². The first-order valence-corrected chi connectivity index (χ1v) is 8.01. The number of hydrogen-bond donors (Lipinski definition) is 1. The Kier molecular flexibility index (Phi) is 3.00. The third-order valence-corrected chi connectivity index (χ3v) is 5.15. The highest BCUT2D eigenvalue weighted by Crippen LogP contribution is 2.45. The number of nitrogens with zero attached hydrogens (tertiary/aromatic N) is 2. The molecule has 2 aromatic rings. The molecule has 112 valence electrons. The molecule has 1 N–H and O–H groups in total. The van der Waals surface area contributed by atoms with Crippen LogP contribution in [0.3, 0.4) is 0 Å². The Hall–Kier alpha value is -2.21. The average molecular weight is 313 g/mol. The van der Waals surface area contributed by atoms with Gasteiger partial charge in [0.15, 0.2) is 5.78 Å². The number of methoxy groups -OCH3 is 1. The minimum Gasteiger partial charge on any atom is -0.481 e. The summed E-state index contributed by atoms with van der Waals surface area (Å²) in [6, 6.07) is 3.76. The number of carbonyl (C=O) groups is 1. The summed E-state index contributed by atoms with van der Waals surface area (Å²) in [7, 11) is 1.59. The molecule has 0 bridgehead atoms. The molecule has 22 heavy (non-hydrogen) atoms. The van der Waals surface area contributed by atoms with E-state index in [-0.39, 0.29) is 11.7 Å². The number of ketones is 1. The molecule has 6 heteroatoms. The maximum Gasteiger partial charge on any atom is 0.212 e. The van der Waals surface area contributed by atoms with Gasteiger partial charge >= 0.3 is 0 Å². The van der Waals surface area contributed by atoms with E-state index in [0.29, 0.717) is 5.88 Å². The van der Waals surface area contributed by atoms with Crippen molar-refractivity contribution in [3.05, 3.63) is 28.8 Å². The summed E-state index contributed by atoms with van der Waals surface area (Å²) in [4.78, 5) is 22.9. The van der Waals surface area contributed by atoms with E-state index in [2.05, 4.69) is 15.3 Å². The quantitative estimate of drug-likeness (QED) is 0.926. The van der Waals surface area contributed by atoms with Crippen molar-refractivity contribution in [3.8, 4) is 17.0 Å². The van der Waals surface area contributed by atoms with Crippen molar-refractivity contribution in [1.82, 2.24) is 10.3 Å². The van der Waals surface area contributed by atoms with E-state index in [0.717, 1.165) is 45.4 Å². The Balaban J connectivity index is 1.87. The zero-order valence-electron chi connectivity index (χ0n) is 12.3. The highest BCUT2D eigenvalue weighted by Gasteiger charge is 2.38. The highest BCUT2D eigenvalue weighted by atomic mass is 32.1. The lowest BCUT2D eigenvalue weighted by Gasteiger charge is -2.16. The third-order valence-electron chi connectivity index (χ3n) is 4.15. The van der Waals surface area contributed by atoms with Crippen molar-refractivity contribution in [2.75, 3.05) is 13.7 Å². The van der Waals surface area contributed by atoms with Crippen LogP contribution in [0.5, 0.6) is 5.88 Å². The summed E-state index contributed by atoms with van der Waals surface area (Å²) in [6.45, 7) is 2.85. The molecule has 2 aliphatic rings. The van der Waals surface area contributed by atoms with E-state index in [1.54, 1.807) is 24.6 Å². The number of pyridine rings is 1. The van der Waals surface area contributed by atoms with Crippen LogP contribution in [-0.4, -0.2) is 30.3 Å². The lowest BCUT2D eigenvalue weighted by atomic mass is 9.90. The number of carbonyl (C=O) groups excluding carboxylic acids is 1. The second-order valence-electron chi connectivity index (χ2n) is 5.43. The molecule has 0 aliphatic carbocycles. The molecule has 4 heterocycles. The minimum absolute atomic E-state index is 0.105. The lowest BCUT2D eigenvalue weighted by molar-refractivity contribution is 0.0955. The van der Waals surface area contributed by atoms with Gasteiger partial charge in [-0.15, -0.1) is 11.3 Å². The minimum atomic E-state index is -0.105. The van der Waals surface area contributed by atoms with Gasteiger partial charge in [0.1, 0.15) is 10.8 Å². The van der Waals surface area contributed by atoms with Crippen molar-refractivity contribution in [3.63, 3.8) is 0 Å². The van der Waals surface area contributed by atoms with E-state index < -0.39 is 0 Å². The van der Waals surface area contributed by atoms with Crippen molar-refractivity contribution >= 4 is 28.0 Å². The zero-order chi connectivity index (χ0) is 15.3. The van der Waals surface area contributed by atoms with Gasteiger partial charge in [-0.2, -0.15) is 0 Å². The molecular formula is C16H15N3O2S. The van der Waals surface area contributed by atoms with Crippen LogP contribution in [0.15, 0.2) is 23.3 Å². The molecule has 0 radical (unpaired) electrons. The number of hydrogen-bond acceptors (Lipinski definition) is 6. The van der Waals surface area contributed by atoms with E-state index in [4.69, 9.17) is 4.74 Å². The van der Waals surface area contributed by atoms with Gasteiger partial charge in [-0.05, 0) is 19.4 Å². The Labute approximate surface area is 132 Å². The molecule has 1 saturated heterocycles. The van der Waals surface area contributed by atoms with Gasteiger partial charge in [0.2, 0.25) is 5.88 Å². The van der Waals surface area contributed by atoms with E-state index >= 15 is 0 Å². The van der Waals surface area contributed by atoms with E-state index in [1.807, 2.05) is 19.1 Å². The monoisotopic (exact) mass is 313 g/mol. The molecule has 2 aromatic heterocycles. The summed E-state index contributed by atoms with van der Waals surface area (Å²) in [6.07, 6.45) is 2.58. The maximum absolute atomic E-state index is 12.9. The van der Waals surface area contributed by atoms with Crippen LogP contribution < -0.4 is 10.1 Å². The highest BCUT2D eigenvalue weighted by molar-refractivity contribution is 7.17. The number of aromatic nitrogens is 1. The molecule has 1 fully saturated rings. The van der Waals surface area contributed by atoms with E-state index in [9.17, 15) is 4.79 Å². The Morgan fingerprint density at radius 2 is 2.23 bits per heavy atom. The number of rotatable bonds is 2. The van der Waals surface area contributed by atoms with Crippen LogP contribution >= 0.6 is 11.3 Å². The first kappa shape index (κ1) is 13.5. The van der Waals surface area contributed by atoms with Crippen molar-refractivity contribution in [1.29, 1.82) is 0 Å². The summed E-state index contributed by atoms with van der Waals surface area (Å²) >= 11 is 1.57. The molecule has 0 saturated carbocycles. The predicted octanol–water partition coefficient (Wildman–Crippen LogP) is 2.96. The molecule has 2 aliphatic heterocycles. The Bertz CT molecular complexity index is 792. The molecular weight excluding hydrogens is 298 g/mol. The number of nitrogens with one attached hydrogen (secondary N) is 1. The van der Waals surface area contributed by atoms with Crippen LogP contribution in [0.4, 0.5) is 5.00 Å². The Morgan fingerprint density at radius 1 is 1.36 bits per heavy atom. The van der Waals surface area contributed by atoms with Gasteiger partial charge in [0.25, 0.3) is 0 Å². The normalized spacial score (nSPS) is 19.3. The lowest BCUT2D eigenvalue weighted by Crippen LogP contribution is -2.28. The Morgan fingerprint density at radius 3 is 2.95 bits per heavy atom. The topological polar surface area (TPSA) is 63.6 Å². The fraction of sp³-hybridized carbons (Fsp3) is 0.312. The van der Waals surface area contributed by atoms with Gasteiger partial charge in [-0.25, -0.2) is 9.98 Å².